The minimum Gasteiger partial charge on any atom is -0.423 e. The van der Waals surface area contributed by atoms with Gasteiger partial charge in [-0.25, -0.2) is 9.37 Å². The van der Waals surface area contributed by atoms with Gasteiger partial charge >= 0.3 is 6.01 Å². The summed E-state index contributed by atoms with van der Waals surface area (Å²) >= 11 is 8.95. The van der Waals surface area contributed by atoms with Crippen LogP contribution in [0, 0.1) is 12.7 Å². The van der Waals surface area contributed by atoms with Crippen molar-refractivity contribution in [3.63, 3.8) is 0 Å². The van der Waals surface area contributed by atoms with Gasteiger partial charge in [0, 0.05) is 30.1 Å². The summed E-state index contributed by atoms with van der Waals surface area (Å²) in [5.41, 5.74) is 1.80. The number of aromatic nitrogens is 2. The summed E-state index contributed by atoms with van der Waals surface area (Å²) in [5, 5.41) is 3.23. The van der Waals surface area contributed by atoms with E-state index in [0.29, 0.717) is 11.0 Å². The molecule has 1 N–H and O–H groups in total. The number of aryl methyl sites for hydroxylation is 1. The zero-order chi connectivity index (χ0) is 15.4. The van der Waals surface area contributed by atoms with Crippen LogP contribution in [0.15, 0.2) is 22.8 Å². The molecule has 0 aliphatic rings. The minimum atomic E-state index is -0.560. The first-order chi connectivity index (χ1) is 10.0. The molecule has 2 aromatic rings. The third-order valence-electron chi connectivity index (χ3n) is 2.80. The van der Waals surface area contributed by atoms with Crippen LogP contribution in [-0.2, 0) is 6.54 Å². The standard InChI is InChI=1S/C14H14BrClFN3O/c1-3-18-6-9-7-19-14(20-8(9)2)21-13-5-12(17)11(16)4-10(13)15/h4-5,7,18H,3,6H2,1-2H3. The van der Waals surface area contributed by atoms with Gasteiger partial charge in [-0.1, -0.05) is 18.5 Å². The Morgan fingerprint density at radius 2 is 2.19 bits per heavy atom. The van der Waals surface area contributed by atoms with Gasteiger partial charge in [-0.05, 0) is 35.5 Å². The van der Waals surface area contributed by atoms with E-state index in [9.17, 15) is 4.39 Å². The van der Waals surface area contributed by atoms with Crippen LogP contribution in [0.25, 0.3) is 0 Å². The van der Waals surface area contributed by atoms with E-state index in [1.54, 1.807) is 6.20 Å². The van der Waals surface area contributed by atoms with Crippen LogP contribution in [0.1, 0.15) is 18.2 Å². The highest BCUT2D eigenvalue weighted by Crippen LogP contribution is 2.32. The van der Waals surface area contributed by atoms with Gasteiger partial charge in [-0.15, -0.1) is 0 Å². The Bertz CT molecular complexity index is 654. The van der Waals surface area contributed by atoms with E-state index < -0.39 is 5.82 Å². The maximum Gasteiger partial charge on any atom is 0.322 e. The Morgan fingerprint density at radius 1 is 1.43 bits per heavy atom. The van der Waals surface area contributed by atoms with Gasteiger partial charge in [0.1, 0.15) is 11.6 Å². The summed E-state index contributed by atoms with van der Waals surface area (Å²) in [6.45, 7) is 5.47. The highest BCUT2D eigenvalue weighted by molar-refractivity contribution is 9.10. The van der Waals surface area contributed by atoms with Crippen LogP contribution >= 0.6 is 27.5 Å². The minimum absolute atomic E-state index is 0.0207. The molecule has 0 unspecified atom stereocenters. The molecular weight excluding hydrogens is 361 g/mol. The predicted octanol–water partition coefficient (Wildman–Crippen LogP) is 4.24. The van der Waals surface area contributed by atoms with E-state index >= 15 is 0 Å². The third-order valence-corrected chi connectivity index (χ3v) is 3.71. The highest BCUT2D eigenvalue weighted by Gasteiger charge is 2.11. The lowest BCUT2D eigenvalue weighted by molar-refractivity contribution is 0.432. The molecule has 0 spiro atoms. The molecule has 0 saturated heterocycles. The lowest BCUT2D eigenvalue weighted by atomic mass is 10.2. The third kappa shape index (κ3) is 4.12. The predicted molar refractivity (Wildman–Crippen MR) is 83.3 cm³/mol. The monoisotopic (exact) mass is 373 g/mol. The number of ether oxygens (including phenoxy) is 1. The van der Waals surface area contributed by atoms with Gasteiger partial charge < -0.3 is 10.1 Å². The van der Waals surface area contributed by atoms with Gasteiger partial charge in [-0.3, -0.25) is 0 Å². The first kappa shape index (κ1) is 16.1. The van der Waals surface area contributed by atoms with E-state index in [-0.39, 0.29) is 16.8 Å². The summed E-state index contributed by atoms with van der Waals surface area (Å²) in [4.78, 5) is 8.40. The van der Waals surface area contributed by atoms with E-state index in [2.05, 4.69) is 31.2 Å². The Kier molecular flexibility index (Phi) is 5.50. The van der Waals surface area contributed by atoms with Crippen LogP contribution in [-0.4, -0.2) is 16.5 Å². The van der Waals surface area contributed by atoms with Gasteiger partial charge in [-0.2, -0.15) is 4.98 Å². The van der Waals surface area contributed by atoms with Crippen LogP contribution in [0.3, 0.4) is 0 Å². The molecule has 0 fully saturated rings. The summed E-state index contributed by atoms with van der Waals surface area (Å²) in [6.07, 6.45) is 1.69. The second kappa shape index (κ2) is 7.15. The van der Waals surface area contributed by atoms with E-state index in [0.717, 1.165) is 17.8 Å². The second-order valence-electron chi connectivity index (χ2n) is 4.34. The average molecular weight is 375 g/mol. The zero-order valence-electron chi connectivity index (χ0n) is 11.6. The second-order valence-corrected chi connectivity index (χ2v) is 5.60. The largest absolute Gasteiger partial charge is 0.423 e. The van der Waals surface area contributed by atoms with Crippen LogP contribution in [0.5, 0.6) is 11.8 Å². The molecule has 21 heavy (non-hydrogen) atoms. The van der Waals surface area contributed by atoms with Gasteiger partial charge in [0.15, 0.2) is 0 Å². The Hall–Kier alpha value is -1.24. The van der Waals surface area contributed by atoms with Crippen molar-refractivity contribution in [1.82, 2.24) is 15.3 Å². The number of rotatable bonds is 5. The Balaban J connectivity index is 2.20. The number of halogens is 3. The van der Waals surface area contributed by atoms with Crippen molar-refractivity contribution in [2.75, 3.05) is 6.54 Å². The number of nitrogens with one attached hydrogen (secondary N) is 1. The lowest BCUT2D eigenvalue weighted by Crippen LogP contribution is -2.13. The maximum absolute atomic E-state index is 13.5. The molecule has 0 bridgehead atoms. The van der Waals surface area contributed by atoms with Crippen molar-refractivity contribution < 1.29 is 9.13 Å². The zero-order valence-corrected chi connectivity index (χ0v) is 13.9. The quantitative estimate of drug-likeness (QED) is 0.795. The molecule has 2 rings (SSSR count). The molecule has 0 amide bonds. The van der Waals surface area contributed by atoms with Gasteiger partial charge in [0.2, 0.25) is 0 Å². The van der Waals surface area contributed by atoms with Crippen molar-refractivity contribution in [3.8, 4) is 11.8 Å². The van der Waals surface area contributed by atoms with Crippen LogP contribution in [0.2, 0.25) is 5.02 Å². The fourth-order valence-corrected chi connectivity index (χ4v) is 2.35. The van der Waals surface area contributed by atoms with Crippen molar-refractivity contribution in [1.29, 1.82) is 0 Å². The first-order valence-electron chi connectivity index (χ1n) is 6.37. The first-order valence-corrected chi connectivity index (χ1v) is 7.54. The summed E-state index contributed by atoms with van der Waals surface area (Å²) in [5.74, 6) is -0.286. The number of hydrogen-bond donors (Lipinski definition) is 1. The Morgan fingerprint density at radius 3 is 2.86 bits per heavy atom. The van der Waals surface area contributed by atoms with Gasteiger partial charge in [0.05, 0.1) is 9.50 Å². The molecule has 4 nitrogen and oxygen atoms in total. The van der Waals surface area contributed by atoms with E-state index in [1.165, 1.54) is 12.1 Å². The smallest absolute Gasteiger partial charge is 0.322 e. The molecule has 1 aromatic heterocycles. The van der Waals surface area contributed by atoms with Gasteiger partial charge in [0.25, 0.3) is 0 Å². The highest BCUT2D eigenvalue weighted by atomic mass is 79.9. The fraction of sp³-hybridized carbons (Fsp3) is 0.286. The molecule has 0 atom stereocenters. The molecule has 0 radical (unpaired) electrons. The fourth-order valence-electron chi connectivity index (χ4n) is 1.63. The summed E-state index contributed by atoms with van der Waals surface area (Å²) in [7, 11) is 0. The number of benzene rings is 1. The van der Waals surface area contributed by atoms with Crippen molar-refractivity contribution >= 4 is 27.5 Å². The average Bonchev–Trinajstić information content (AvgIpc) is 2.44. The molecular formula is C14H14BrClFN3O. The molecule has 0 aliphatic heterocycles. The number of nitrogens with zero attached hydrogens (tertiary/aromatic N) is 2. The molecule has 0 saturated carbocycles. The summed E-state index contributed by atoms with van der Waals surface area (Å²) < 4.78 is 19.5. The maximum atomic E-state index is 13.5. The van der Waals surface area contributed by atoms with Crippen LogP contribution in [0.4, 0.5) is 4.39 Å². The molecule has 1 aromatic carbocycles. The van der Waals surface area contributed by atoms with Crippen LogP contribution < -0.4 is 10.1 Å². The molecule has 112 valence electrons. The normalized spacial score (nSPS) is 10.7. The molecule has 1 heterocycles. The number of hydrogen-bond acceptors (Lipinski definition) is 4. The molecule has 0 aliphatic carbocycles. The SMILES string of the molecule is CCNCc1cnc(Oc2cc(F)c(Cl)cc2Br)nc1C. The topological polar surface area (TPSA) is 47.0 Å². The Labute approximate surface area is 135 Å². The van der Waals surface area contributed by atoms with E-state index in [4.69, 9.17) is 16.3 Å². The molecule has 7 heteroatoms. The van der Waals surface area contributed by atoms with Crippen molar-refractivity contribution in [2.45, 2.75) is 20.4 Å². The summed E-state index contributed by atoms with van der Waals surface area (Å²) in [6, 6.07) is 2.78. The lowest BCUT2D eigenvalue weighted by Gasteiger charge is -2.09. The van der Waals surface area contributed by atoms with Crippen molar-refractivity contribution in [3.05, 3.63) is 44.9 Å². The van der Waals surface area contributed by atoms with E-state index in [1.807, 2.05) is 13.8 Å². The van der Waals surface area contributed by atoms with Crippen molar-refractivity contribution in [2.24, 2.45) is 0 Å².